The fourth-order valence-electron chi connectivity index (χ4n) is 2.54. The van der Waals surface area contributed by atoms with Gasteiger partial charge in [0, 0.05) is 13.0 Å². The zero-order valence-electron chi connectivity index (χ0n) is 12.9. The highest BCUT2D eigenvalue weighted by atomic mass is 15.1. The van der Waals surface area contributed by atoms with Crippen LogP contribution in [0.1, 0.15) is 32.0 Å². The van der Waals surface area contributed by atoms with Gasteiger partial charge in [-0.05, 0) is 45.6 Å². The van der Waals surface area contributed by atoms with Crippen molar-refractivity contribution >= 4 is 16.7 Å². The topological polar surface area (TPSA) is 47.1 Å². The van der Waals surface area contributed by atoms with Gasteiger partial charge in [0.15, 0.2) is 0 Å². The van der Waals surface area contributed by atoms with Crippen molar-refractivity contribution in [3.8, 4) is 0 Å². The Hall–Kier alpha value is -1.55. The van der Waals surface area contributed by atoms with Gasteiger partial charge in [0.2, 0.25) is 0 Å². The molecule has 0 aliphatic rings. The van der Waals surface area contributed by atoms with Crippen molar-refractivity contribution in [1.82, 2.24) is 14.5 Å². The lowest BCUT2D eigenvalue weighted by Crippen LogP contribution is -2.15. The second-order valence-electron chi connectivity index (χ2n) is 5.66. The first-order chi connectivity index (χ1) is 9.63. The maximum atomic E-state index is 6.06. The van der Waals surface area contributed by atoms with Gasteiger partial charge in [0.05, 0.1) is 11.2 Å². The summed E-state index contributed by atoms with van der Waals surface area (Å²) < 4.78 is 2.35. The molecule has 2 N–H and O–H groups in total. The van der Waals surface area contributed by atoms with E-state index in [0.29, 0.717) is 0 Å². The Morgan fingerprint density at radius 3 is 2.75 bits per heavy atom. The third kappa shape index (κ3) is 3.31. The van der Waals surface area contributed by atoms with Gasteiger partial charge in [-0.1, -0.05) is 19.4 Å². The van der Waals surface area contributed by atoms with Crippen LogP contribution in [0.2, 0.25) is 0 Å². The van der Waals surface area contributed by atoms with E-state index < -0.39 is 0 Å². The predicted molar refractivity (Wildman–Crippen MR) is 85.9 cm³/mol. The molecule has 0 atom stereocenters. The van der Waals surface area contributed by atoms with Crippen LogP contribution >= 0.6 is 0 Å². The number of hydrogen-bond acceptors (Lipinski definition) is 3. The number of aryl methyl sites for hydroxylation is 2. The molecular weight excluding hydrogens is 248 g/mol. The van der Waals surface area contributed by atoms with E-state index in [9.17, 15) is 0 Å². The molecule has 4 heteroatoms. The number of nitrogens with two attached hydrogens (primary N) is 1. The number of benzene rings is 1. The minimum Gasteiger partial charge on any atom is -0.397 e. The second-order valence-corrected chi connectivity index (χ2v) is 5.66. The van der Waals surface area contributed by atoms with E-state index in [-0.39, 0.29) is 0 Å². The Bertz CT molecular complexity index is 557. The predicted octanol–water partition coefficient (Wildman–Crippen LogP) is 2.91. The lowest BCUT2D eigenvalue weighted by atomic mass is 10.2. The van der Waals surface area contributed by atoms with Gasteiger partial charge in [-0.3, -0.25) is 0 Å². The van der Waals surface area contributed by atoms with Crippen LogP contribution in [0.5, 0.6) is 0 Å². The highest BCUT2D eigenvalue weighted by Gasteiger charge is 2.11. The zero-order chi connectivity index (χ0) is 14.5. The number of unbranched alkanes of at least 4 members (excludes halogenated alkanes) is 1. The van der Waals surface area contributed by atoms with Crippen LogP contribution in [-0.4, -0.2) is 35.1 Å². The van der Waals surface area contributed by atoms with E-state index >= 15 is 0 Å². The average Bonchev–Trinajstić information content (AvgIpc) is 2.76. The molecule has 0 amide bonds. The van der Waals surface area contributed by atoms with E-state index in [1.807, 2.05) is 12.1 Å². The van der Waals surface area contributed by atoms with E-state index in [1.165, 1.54) is 24.2 Å². The summed E-state index contributed by atoms with van der Waals surface area (Å²) in [5.41, 5.74) is 8.98. The Kier molecular flexibility index (Phi) is 5.01. The lowest BCUT2D eigenvalue weighted by Gasteiger charge is -2.12. The van der Waals surface area contributed by atoms with Crippen LogP contribution in [-0.2, 0) is 13.0 Å². The number of hydrogen-bond donors (Lipinski definition) is 1. The molecule has 0 bridgehead atoms. The lowest BCUT2D eigenvalue weighted by molar-refractivity contribution is 0.386. The molecule has 0 aliphatic heterocycles. The first-order valence-electron chi connectivity index (χ1n) is 7.51. The van der Waals surface area contributed by atoms with E-state index in [4.69, 9.17) is 10.7 Å². The number of rotatable bonds is 7. The smallest absolute Gasteiger partial charge is 0.112 e. The summed E-state index contributed by atoms with van der Waals surface area (Å²) in [4.78, 5) is 6.99. The van der Waals surface area contributed by atoms with Crippen LogP contribution in [0.3, 0.4) is 0 Å². The molecule has 0 saturated carbocycles. The molecule has 20 heavy (non-hydrogen) atoms. The van der Waals surface area contributed by atoms with Crippen molar-refractivity contribution in [2.45, 2.75) is 39.2 Å². The van der Waals surface area contributed by atoms with Crippen molar-refractivity contribution in [3.05, 3.63) is 24.0 Å². The van der Waals surface area contributed by atoms with E-state index in [0.717, 1.165) is 37.1 Å². The number of fused-ring (bicyclic) bond motifs is 1. The van der Waals surface area contributed by atoms with Crippen LogP contribution in [0.25, 0.3) is 11.0 Å². The molecule has 1 aromatic heterocycles. The first-order valence-corrected chi connectivity index (χ1v) is 7.51. The van der Waals surface area contributed by atoms with E-state index in [1.54, 1.807) is 0 Å². The summed E-state index contributed by atoms with van der Waals surface area (Å²) in [7, 11) is 4.23. The first kappa shape index (κ1) is 14.9. The van der Waals surface area contributed by atoms with Gasteiger partial charge in [-0.2, -0.15) is 0 Å². The maximum Gasteiger partial charge on any atom is 0.112 e. The summed E-state index contributed by atoms with van der Waals surface area (Å²) in [6.07, 6.45) is 4.53. The molecule has 110 valence electrons. The number of imidazole rings is 1. The average molecular weight is 274 g/mol. The molecule has 0 saturated heterocycles. The Balaban J connectivity index is 2.29. The molecule has 2 aromatic rings. The maximum absolute atomic E-state index is 6.06. The summed E-state index contributed by atoms with van der Waals surface area (Å²) in [6, 6.07) is 6.08. The number of nitrogens with zero attached hydrogens (tertiary/aromatic N) is 3. The molecule has 2 rings (SSSR count). The minimum absolute atomic E-state index is 0.784. The van der Waals surface area contributed by atoms with Crippen LogP contribution < -0.4 is 5.73 Å². The zero-order valence-corrected chi connectivity index (χ0v) is 12.9. The van der Waals surface area contributed by atoms with Crippen LogP contribution in [0.4, 0.5) is 5.69 Å². The number of para-hydroxylation sites is 1. The number of nitrogen functional groups attached to an aromatic ring is 1. The third-order valence-electron chi connectivity index (χ3n) is 3.63. The summed E-state index contributed by atoms with van der Waals surface area (Å²) in [5.74, 6) is 1.18. The van der Waals surface area contributed by atoms with Gasteiger partial charge in [0.1, 0.15) is 11.3 Å². The van der Waals surface area contributed by atoms with Gasteiger partial charge >= 0.3 is 0 Å². The molecule has 0 fully saturated rings. The van der Waals surface area contributed by atoms with Gasteiger partial charge in [0.25, 0.3) is 0 Å². The standard InChI is InChI=1S/C16H26N4/c1-4-5-10-15-18-16-13(17)8-6-9-14(16)20(15)12-7-11-19(2)3/h6,8-9H,4-5,7,10-12,17H2,1-3H3. The monoisotopic (exact) mass is 274 g/mol. The van der Waals surface area contributed by atoms with Crippen molar-refractivity contribution < 1.29 is 0 Å². The van der Waals surface area contributed by atoms with Gasteiger partial charge < -0.3 is 15.2 Å². The van der Waals surface area contributed by atoms with Crippen LogP contribution in [0, 0.1) is 0 Å². The minimum atomic E-state index is 0.784. The fraction of sp³-hybridized carbons (Fsp3) is 0.562. The molecule has 0 radical (unpaired) electrons. The normalized spacial score (nSPS) is 11.6. The number of anilines is 1. The SMILES string of the molecule is CCCCc1nc2c(N)cccc2n1CCCN(C)C. The molecule has 1 aromatic carbocycles. The van der Waals surface area contributed by atoms with Crippen molar-refractivity contribution in [3.63, 3.8) is 0 Å². The molecule has 0 spiro atoms. The molecule has 4 nitrogen and oxygen atoms in total. The highest BCUT2D eigenvalue weighted by molar-refractivity contribution is 5.87. The highest BCUT2D eigenvalue weighted by Crippen LogP contribution is 2.23. The van der Waals surface area contributed by atoms with Crippen molar-refractivity contribution in [2.75, 3.05) is 26.4 Å². The largest absolute Gasteiger partial charge is 0.397 e. The molecule has 1 heterocycles. The Labute approximate surface area is 121 Å². The second kappa shape index (κ2) is 6.75. The number of aromatic nitrogens is 2. The summed E-state index contributed by atoms with van der Waals surface area (Å²) in [6.45, 7) is 4.32. The van der Waals surface area contributed by atoms with Crippen LogP contribution in [0.15, 0.2) is 18.2 Å². The van der Waals surface area contributed by atoms with Crippen molar-refractivity contribution in [2.24, 2.45) is 0 Å². The quantitative estimate of drug-likeness (QED) is 0.790. The summed E-state index contributed by atoms with van der Waals surface area (Å²) in [5, 5.41) is 0. The van der Waals surface area contributed by atoms with Gasteiger partial charge in [-0.15, -0.1) is 0 Å². The molecule has 0 aliphatic carbocycles. The van der Waals surface area contributed by atoms with Gasteiger partial charge in [-0.25, -0.2) is 4.98 Å². The fourth-order valence-corrected chi connectivity index (χ4v) is 2.54. The Morgan fingerprint density at radius 2 is 2.05 bits per heavy atom. The Morgan fingerprint density at radius 1 is 1.25 bits per heavy atom. The molecular formula is C16H26N4. The third-order valence-corrected chi connectivity index (χ3v) is 3.63. The molecule has 0 unspecified atom stereocenters. The van der Waals surface area contributed by atoms with E-state index in [2.05, 4.69) is 36.6 Å². The summed E-state index contributed by atoms with van der Waals surface area (Å²) >= 11 is 0. The van der Waals surface area contributed by atoms with Crippen molar-refractivity contribution in [1.29, 1.82) is 0 Å².